The van der Waals surface area contributed by atoms with Crippen molar-refractivity contribution in [3.63, 3.8) is 0 Å². The third-order valence-corrected chi connectivity index (χ3v) is 9.79. The molecule has 0 bridgehead atoms. The van der Waals surface area contributed by atoms with Gasteiger partial charge in [0.2, 0.25) is 5.28 Å². The molecule has 5 atom stereocenters. The third-order valence-electron chi connectivity index (χ3n) is 5.87. The molecule has 5 N–H and O–H groups in total. The molecule has 0 aliphatic carbocycles. The maximum Gasteiger partial charge on any atom is 0.340 e. The number of halogens is 1. The van der Waals surface area contributed by atoms with Gasteiger partial charge >= 0.3 is 7.60 Å². The Morgan fingerprint density at radius 1 is 1.17 bits per heavy atom. The molecular formula is C21H26ClN4O8PS. The lowest BCUT2D eigenvalue weighted by Gasteiger charge is -2.19. The molecule has 0 radical (unpaired) electrons. The number of aliphatic hydroxyl groups is 2. The summed E-state index contributed by atoms with van der Waals surface area (Å²) in [5, 5.41) is 24.8. The summed E-state index contributed by atoms with van der Waals surface area (Å²) in [4.78, 5) is 26.5. The molecule has 0 amide bonds. The Morgan fingerprint density at radius 3 is 2.47 bits per heavy atom. The van der Waals surface area contributed by atoms with Gasteiger partial charge in [0, 0.05) is 12.2 Å². The summed E-state index contributed by atoms with van der Waals surface area (Å²) in [7, 11) is -9.15. The Kier molecular flexibility index (Phi) is 7.48. The number of aromatic nitrogens is 3. The molecule has 1 aliphatic heterocycles. The topological polar surface area (TPSA) is 184 Å². The molecule has 1 unspecified atom stereocenters. The zero-order valence-electron chi connectivity index (χ0n) is 19.3. The summed E-state index contributed by atoms with van der Waals surface area (Å²) in [6.07, 6.45) is -4.30. The number of hydrogen-bond acceptors (Lipinski definition) is 9. The van der Waals surface area contributed by atoms with Crippen LogP contribution in [-0.2, 0) is 19.1 Å². The van der Waals surface area contributed by atoms with Crippen LogP contribution in [-0.4, -0.2) is 72.5 Å². The maximum absolute atomic E-state index is 12.2. The summed E-state index contributed by atoms with van der Waals surface area (Å²) < 4.78 is 42.5. The Bertz CT molecular complexity index is 1410. The van der Waals surface area contributed by atoms with Crippen LogP contribution in [0, 0.1) is 6.92 Å². The van der Waals surface area contributed by atoms with Crippen LogP contribution in [0.1, 0.15) is 30.3 Å². The van der Waals surface area contributed by atoms with E-state index in [1.165, 1.54) is 10.8 Å². The normalized spacial score (nSPS) is 23.8. The molecule has 3 aromatic rings. The fourth-order valence-corrected chi connectivity index (χ4v) is 7.53. The highest BCUT2D eigenvalue weighted by Gasteiger charge is 2.46. The van der Waals surface area contributed by atoms with Crippen LogP contribution < -0.4 is 5.32 Å². The molecule has 15 heteroatoms. The minimum Gasteiger partial charge on any atom is -0.387 e. The van der Waals surface area contributed by atoms with Gasteiger partial charge in [0.15, 0.2) is 21.6 Å². The van der Waals surface area contributed by atoms with Crippen LogP contribution in [0.2, 0.25) is 5.28 Å². The minimum absolute atomic E-state index is 0.0881. The molecule has 36 heavy (non-hydrogen) atoms. The average molecular weight is 561 g/mol. The van der Waals surface area contributed by atoms with Crippen LogP contribution in [0.15, 0.2) is 36.5 Å². The van der Waals surface area contributed by atoms with Gasteiger partial charge in [-0.05, 0) is 37.1 Å². The number of hydrogen-bond donors (Lipinski definition) is 5. The average Bonchev–Trinajstić information content (AvgIpc) is 3.28. The third kappa shape index (κ3) is 5.90. The molecule has 12 nitrogen and oxygen atoms in total. The number of ether oxygens (including phenoxy) is 1. The van der Waals surface area contributed by atoms with E-state index in [1.807, 2.05) is 38.1 Å². The number of aryl methyl sites for hydroxylation is 1. The van der Waals surface area contributed by atoms with Crippen molar-refractivity contribution in [1.29, 1.82) is 0 Å². The molecule has 4 rings (SSSR count). The van der Waals surface area contributed by atoms with Crippen molar-refractivity contribution in [2.75, 3.05) is 16.6 Å². The van der Waals surface area contributed by atoms with E-state index in [2.05, 4.69) is 15.3 Å². The van der Waals surface area contributed by atoms with E-state index in [9.17, 15) is 23.2 Å². The molecule has 0 spiro atoms. The first kappa shape index (κ1) is 27.0. The molecule has 196 valence electrons. The molecule has 3 heterocycles. The van der Waals surface area contributed by atoms with E-state index in [0.717, 1.165) is 11.1 Å². The van der Waals surface area contributed by atoms with E-state index in [0.29, 0.717) is 11.2 Å². The van der Waals surface area contributed by atoms with Crippen molar-refractivity contribution < 1.29 is 37.7 Å². The van der Waals surface area contributed by atoms with Gasteiger partial charge < -0.3 is 34.6 Å². The van der Waals surface area contributed by atoms with E-state index in [4.69, 9.17) is 26.1 Å². The van der Waals surface area contributed by atoms with Crippen molar-refractivity contribution in [3.8, 4) is 0 Å². The van der Waals surface area contributed by atoms with Gasteiger partial charge in [0.1, 0.15) is 29.8 Å². The lowest BCUT2D eigenvalue weighted by molar-refractivity contribution is -0.0288. The first-order valence-corrected chi connectivity index (χ1v) is 14.9. The first-order valence-electron chi connectivity index (χ1n) is 10.9. The Labute approximate surface area is 212 Å². The summed E-state index contributed by atoms with van der Waals surface area (Å²) in [6.45, 7) is 3.94. The summed E-state index contributed by atoms with van der Waals surface area (Å²) in [6, 6.07) is 9.49. The Hall–Kier alpha value is -2.09. The number of rotatable bonds is 8. The number of sulfone groups is 1. The first-order chi connectivity index (χ1) is 16.7. The monoisotopic (exact) mass is 560 g/mol. The number of aliphatic hydroxyl groups excluding tert-OH is 2. The standard InChI is InChI=1S/C21H26ClN4O8PS/c1-11-3-5-13(6-4-11)12(2)23-18-14-7-8-26(19(14)25-21(22)24-18)20-17(28)16(27)15(34-20)9-36(32,33)10-35(29,30)31/h3-8,12,15-17,20,27-28H,9-10H2,1-2H3,(H,23,24,25)(H2,29,30,31)/t12?,15-,16-,17-,20-/m1/s1. The van der Waals surface area contributed by atoms with Gasteiger partial charge in [-0.1, -0.05) is 29.8 Å². The fourth-order valence-electron chi connectivity index (χ4n) is 4.12. The summed E-state index contributed by atoms with van der Waals surface area (Å²) >= 11 is 6.17. The number of benzene rings is 1. The van der Waals surface area contributed by atoms with Crippen molar-refractivity contribution >= 4 is 45.9 Å². The van der Waals surface area contributed by atoms with Crippen molar-refractivity contribution in [2.24, 2.45) is 0 Å². The second kappa shape index (κ2) is 9.99. The van der Waals surface area contributed by atoms with Crippen LogP contribution in [0.3, 0.4) is 0 Å². The summed E-state index contributed by atoms with van der Waals surface area (Å²) in [5.41, 5.74) is 1.01. The largest absolute Gasteiger partial charge is 0.387 e. The van der Waals surface area contributed by atoms with E-state index < -0.39 is 53.2 Å². The van der Waals surface area contributed by atoms with E-state index >= 15 is 0 Å². The predicted molar refractivity (Wildman–Crippen MR) is 132 cm³/mol. The van der Waals surface area contributed by atoms with Gasteiger partial charge in [-0.15, -0.1) is 0 Å². The molecule has 1 aliphatic rings. The highest BCUT2D eigenvalue weighted by molar-refractivity contribution is 7.97. The van der Waals surface area contributed by atoms with Gasteiger partial charge in [0.25, 0.3) is 0 Å². The summed E-state index contributed by atoms with van der Waals surface area (Å²) in [5.74, 6) is -0.464. The molecule has 2 aromatic heterocycles. The number of anilines is 1. The quantitative estimate of drug-likeness (QED) is 0.200. The maximum atomic E-state index is 12.2. The SMILES string of the molecule is Cc1ccc(C(C)Nc2nc(Cl)nc3c2ccn3[C@@H]2O[C@H](CS(=O)(=O)CP(=O)(O)O)[C@@H](O)[C@H]2O)cc1. The second-order valence-corrected chi connectivity index (χ2v) is 13.3. The van der Waals surface area contributed by atoms with Crippen LogP contribution in [0.5, 0.6) is 0 Å². The highest BCUT2D eigenvalue weighted by atomic mass is 35.5. The molecule has 1 fully saturated rings. The number of nitrogens with one attached hydrogen (secondary N) is 1. The smallest absolute Gasteiger partial charge is 0.340 e. The van der Waals surface area contributed by atoms with Crippen LogP contribution >= 0.6 is 19.2 Å². The predicted octanol–water partition coefficient (Wildman–Crippen LogP) is 1.74. The Balaban J connectivity index is 1.61. The molecular weight excluding hydrogens is 535 g/mol. The van der Waals surface area contributed by atoms with Crippen molar-refractivity contribution in [2.45, 2.75) is 44.4 Å². The minimum atomic E-state index is -4.85. The zero-order valence-corrected chi connectivity index (χ0v) is 21.7. The van der Waals surface area contributed by atoms with Crippen LogP contribution in [0.4, 0.5) is 5.82 Å². The fraction of sp³-hybridized carbons (Fsp3) is 0.429. The van der Waals surface area contributed by atoms with Gasteiger partial charge in [-0.25, -0.2) is 13.4 Å². The molecule has 1 aromatic carbocycles. The molecule has 1 saturated heterocycles. The molecule has 0 saturated carbocycles. The second-order valence-electron chi connectivity index (χ2n) is 8.83. The Morgan fingerprint density at radius 2 is 1.83 bits per heavy atom. The lowest BCUT2D eigenvalue weighted by Crippen LogP contribution is -2.35. The van der Waals surface area contributed by atoms with Crippen molar-refractivity contribution in [3.05, 3.63) is 52.9 Å². The zero-order chi connectivity index (χ0) is 26.4. The van der Waals surface area contributed by atoms with E-state index in [-0.39, 0.29) is 17.0 Å². The van der Waals surface area contributed by atoms with Crippen molar-refractivity contribution in [1.82, 2.24) is 14.5 Å². The van der Waals surface area contributed by atoms with Gasteiger partial charge in [-0.2, -0.15) is 4.98 Å². The van der Waals surface area contributed by atoms with Gasteiger partial charge in [-0.3, -0.25) is 4.57 Å². The van der Waals surface area contributed by atoms with E-state index in [1.54, 1.807) is 6.07 Å². The van der Waals surface area contributed by atoms with Crippen LogP contribution in [0.25, 0.3) is 11.0 Å². The lowest BCUT2D eigenvalue weighted by atomic mass is 10.1. The van der Waals surface area contributed by atoms with Gasteiger partial charge in [0.05, 0.1) is 11.1 Å². The number of nitrogens with zero attached hydrogens (tertiary/aromatic N) is 3. The number of fused-ring (bicyclic) bond motifs is 1. The highest BCUT2D eigenvalue weighted by Crippen LogP contribution is 2.39.